The van der Waals surface area contributed by atoms with Gasteiger partial charge in [0.05, 0.1) is 18.7 Å². The zero-order valence-corrected chi connectivity index (χ0v) is 17.3. The van der Waals surface area contributed by atoms with Crippen molar-refractivity contribution in [1.29, 1.82) is 0 Å². The molecule has 0 saturated carbocycles. The number of β-lactam (4-membered cyclic amide) rings is 1. The first-order valence-corrected chi connectivity index (χ1v) is 10.1. The molecule has 3 amide bonds. The molecular weight excluding hydrogens is 374 g/mol. The first-order chi connectivity index (χ1) is 13.7. The Morgan fingerprint density at radius 3 is 2.52 bits per heavy atom. The summed E-state index contributed by atoms with van der Waals surface area (Å²) in [5.41, 5.74) is -0.905. The van der Waals surface area contributed by atoms with Gasteiger partial charge in [-0.2, -0.15) is 0 Å². The number of nitrogens with one attached hydrogen (secondary N) is 1. The van der Waals surface area contributed by atoms with E-state index in [2.05, 4.69) is 15.3 Å². The molecule has 0 radical (unpaired) electrons. The fraction of sp³-hybridized carbons (Fsp3) is 0.650. The van der Waals surface area contributed by atoms with Crippen LogP contribution < -0.4 is 5.32 Å². The van der Waals surface area contributed by atoms with Crippen molar-refractivity contribution in [2.75, 3.05) is 6.54 Å². The van der Waals surface area contributed by atoms with E-state index in [1.165, 1.54) is 11.8 Å². The second-order valence-corrected chi connectivity index (χ2v) is 8.13. The number of carbonyl (C=O) groups is 3. The Bertz CT molecular complexity index is 784. The van der Waals surface area contributed by atoms with Crippen LogP contribution in [0.3, 0.4) is 0 Å². The van der Waals surface area contributed by atoms with Crippen molar-refractivity contribution in [2.24, 2.45) is 5.92 Å². The van der Waals surface area contributed by atoms with Crippen LogP contribution in [0.15, 0.2) is 18.5 Å². The van der Waals surface area contributed by atoms with E-state index in [0.29, 0.717) is 18.8 Å². The largest absolute Gasteiger partial charge is 0.391 e. The van der Waals surface area contributed by atoms with E-state index in [1.807, 2.05) is 20.8 Å². The molecule has 0 bridgehead atoms. The summed E-state index contributed by atoms with van der Waals surface area (Å²) in [6.07, 6.45) is 3.41. The second kappa shape index (κ2) is 8.06. The lowest BCUT2D eigenvalue weighted by Crippen LogP contribution is -2.81. The highest BCUT2D eigenvalue weighted by Crippen LogP contribution is 2.46. The van der Waals surface area contributed by atoms with Crippen LogP contribution in [-0.4, -0.2) is 72.9 Å². The Labute approximate surface area is 170 Å². The van der Waals surface area contributed by atoms with Crippen molar-refractivity contribution in [3.8, 4) is 0 Å². The number of hydrogen-bond acceptors (Lipinski definition) is 6. The Hall–Kier alpha value is -2.55. The molecule has 3 heterocycles. The summed E-state index contributed by atoms with van der Waals surface area (Å²) in [7, 11) is 0. The van der Waals surface area contributed by atoms with Crippen LogP contribution >= 0.6 is 0 Å². The molecule has 2 saturated heterocycles. The average molecular weight is 403 g/mol. The maximum Gasteiger partial charge on any atom is 0.251 e. The molecule has 1 aromatic rings. The van der Waals surface area contributed by atoms with Crippen LogP contribution in [0.1, 0.15) is 46.4 Å². The first-order valence-electron chi connectivity index (χ1n) is 10.1. The number of nitrogens with zero attached hydrogens (tertiary/aromatic N) is 4. The van der Waals surface area contributed by atoms with Crippen molar-refractivity contribution in [1.82, 2.24) is 25.1 Å². The smallest absolute Gasteiger partial charge is 0.251 e. The van der Waals surface area contributed by atoms with E-state index in [9.17, 15) is 19.5 Å². The monoisotopic (exact) mass is 403 g/mol. The number of hydrogen-bond donors (Lipinski definition) is 2. The molecule has 4 atom stereocenters. The van der Waals surface area contributed by atoms with Crippen molar-refractivity contribution in [3.05, 3.63) is 24.3 Å². The van der Waals surface area contributed by atoms with Crippen LogP contribution in [0.25, 0.3) is 0 Å². The zero-order chi connectivity index (χ0) is 21.3. The summed E-state index contributed by atoms with van der Waals surface area (Å²) in [6.45, 7) is 7.60. The van der Waals surface area contributed by atoms with Gasteiger partial charge < -0.3 is 20.2 Å². The molecular formula is C20H29N5O4. The average Bonchev–Trinajstić information content (AvgIpc) is 3.17. The summed E-state index contributed by atoms with van der Waals surface area (Å²) >= 11 is 0. The number of rotatable bonds is 6. The maximum absolute atomic E-state index is 13.3. The van der Waals surface area contributed by atoms with Crippen molar-refractivity contribution in [3.63, 3.8) is 0 Å². The van der Waals surface area contributed by atoms with E-state index in [1.54, 1.807) is 23.4 Å². The van der Waals surface area contributed by atoms with E-state index in [4.69, 9.17) is 0 Å². The highest BCUT2D eigenvalue weighted by Gasteiger charge is 2.67. The molecule has 9 heteroatoms. The minimum Gasteiger partial charge on any atom is -0.391 e. The van der Waals surface area contributed by atoms with Gasteiger partial charge in [-0.25, -0.2) is 9.97 Å². The van der Waals surface area contributed by atoms with E-state index in [-0.39, 0.29) is 30.3 Å². The minimum absolute atomic E-state index is 0.0541. The molecule has 1 spiro atoms. The Morgan fingerprint density at radius 1 is 1.31 bits per heavy atom. The quantitative estimate of drug-likeness (QED) is 0.651. The van der Waals surface area contributed by atoms with Gasteiger partial charge in [0.25, 0.3) is 5.91 Å². The van der Waals surface area contributed by atoms with Crippen molar-refractivity contribution < 1.29 is 19.5 Å². The standard InChI is InChI=1S/C20H29N5O4/c1-12(2)18(28)24-10-5-7-20(24)14(4)25(19(20)29)16(13(3)26)17(27)23-11-15-21-8-6-9-22-15/h6,8-9,12-14,16,26H,5,7,10-11H2,1-4H3,(H,23,27)/t13-,14?,16?,20?/m1/s1. The predicted molar refractivity (Wildman–Crippen MR) is 104 cm³/mol. The van der Waals surface area contributed by atoms with E-state index < -0.39 is 23.6 Å². The Kier molecular flexibility index (Phi) is 5.88. The predicted octanol–water partition coefficient (Wildman–Crippen LogP) is 0.0901. The van der Waals surface area contributed by atoms with Crippen LogP contribution in [0.4, 0.5) is 0 Å². The molecule has 29 heavy (non-hydrogen) atoms. The Morgan fingerprint density at radius 2 is 1.97 bits per heavy atom. The number of aromatic nitrogens is 2. The molecule has 2 fully saturated rings. The summed E-state index contributed by atoms with van der Waals surface area (Å²) in [6, 6.07) is 0.275. The third-order valence-corrected chi connectivity index (χ3v) is 5.96. The summed E-state index contributed by atoms with van der Waals surface area (Å²) < 4.78 is 0. The fourth-order valence-corrected chi connectivity index (χ4v) is 4.50. The van der Waals surface area contributed by atoms with Gasteiger partial charge in [-0.15, -0.1) is 0 Å². The lowest BCUT2D eigenvalue weighted by atomic mass is 9.75. The molecule has 0 aliphatic carbocycles. The van der Waals surface area contributed by atoms with Gasteiger partial charge in [0.15, 0.2) is 0 Å². The molecule has 9 nitrogen and oxygen atoms in total. The molecule has 3 unspecified atom stereocenters. The molecule has 2 aliphatic rings. The SMILES string of the molecule is CC(C)C(=O)N1CCCC12C(=O)N(C(C(=O)NCc1ncccn1)[C@@H](C)O)C2C. The molecule has 2 N–H and O–H groups in total. The number of aliphatic hydroxyl groups excluding tert-OH is 1. The molecule has 3 rings (SSSR count). The molecule has 1 aromatic heterocycles. The molecule has 2 aliphatic heterocycles. The summed E-state index contributed by atoms with van der Waals surface area (Å²) in [4.78, 5) is 49.9. The third-order valence-electron chi connectivity index (χ3n) is 5.96. The first kappa shape index (κ1) is 21.2. The number of aliphatic hydroxyl groups is 1. The minimum atomic E-state index is -1.06. The van der Waals surface area contributed by atoms with E-state index in [0.717, 1.165) is 6.42 Å². The van der Waals surface area contributed by atoms with Crippen molar-refractivity contribution in [2.45, 2.75) is 70.8 Å². The van der Waals surface area contributed by atoms with E-state index >= 15 is 0 Å². The molecule has 158 valence electrons. The van der Waals surface area contributed by atoms with Crippen molar-refractivity contribution >= 4 is 17.7 Å². The van der Waals surface area contributed by atoms with Gasteiger partial charge in [-0.05, 0) is 32.8 Å². The zero-order valence-electron chi connectivity index (χ0n) is 17.3. The van der Waals surface area contributed by atoms with Gasteiger partial charge in [0.2, 0.25) is 11.8 Å². The fourth-order valence-electron chi connectivity index (χ4n) is 4.50. The lowest BCUT2D eigenvalue weighted by molar-refractivity contribution is -0.188. The summed E-state index contributed by atoms with van der Waals surface area (Å²) in [5, 5.41) is 13.0. The van der Waals surface area contributed by atoms with Crippen LogP contribution in [0.2, 0.25) is 0 Å². The number of likely N-dealkylation sites (tertiary alicyclic amines) is 2. The summed E-state index contributed by atoms with van der Waals surface area (Å²) in [5.74, 6) is -0.563. The number of amides is 3. The van der Waals surface area contributed by atoms with Gasteiger partial charge in [-0.1, -0.05) is 13.8 Å². The highest BCUT2D eigenvalue weighted by molar-refractivity contribution is 6.01. The van der Waals surface area contributed by atoms with Crippen LogP contribution in [0.5, 0.6) is 0 Å². The van der Waals surface area contributed by atoms with Crippen LogP contribution in [-0.2, 0) is 20.9 Å². The van der Waals surface area contributed by atoms with Gasteiger partial charge >= 0.3 is 0 Å². The Balaban J connectivity index is 1.76. The second-order valence-electron chi connectivity index (χ2n) is 8.13. The lowest BCUT2D eigenvalue weighted by Gasteiger charge is -2.59. The van der Waals surface area contributed by atoms with Gasteiger partial charge in [0.1, 0.15) is 17.4 Å². The third kappa shape index (κ3) is 3.48. The highest BCUT2D eigenvalue weighted by atomic mass is 16.3. The van der Waals surface area contributed by atoms with Gasteiger partial charge in [-0.3, -0.25) is 14.4 Å². The van der Waals surface area contributed by atoms with Crippen LogP contribution in [0, 0.1) is 5.92 Å². The molecule has 0 aromatic carbocycles. The van der Waals surface area contributed by atoms with Gasteiger partial charge in [0, 0.05) is 24.9 Å². The maximum atomic E-state index is 13.3. The number of carbonyl (C=O) groups excluding carboxylic acids is 3. The normalized spacial score (nSPS) is 25.9. The topological polar surface area (TPSA) is 116 Å².